The summed E-state index contributed by atoms with van der Waals surface area (Å²) < 4.78 is 12.8. The second kappa shape index (κ2) is 3.91. The van der Waals surface area contributed by atoms with Gasteiger partial charge in [0.15, 0.2) is 0 Å². The summed E-state index contributed by atoms with van der Waals surface area (Å²) in [6.07, 6.45) is 4.82. The number of likely N-dealkylation sites (tertiary alicyclic amines) is 1. The molecule has 0 radical (unpaired) electrons. The second-order valence-corrected chi connectivity index (χ2v) is 5.27. The number of pyridine rings is 1. The van der Waals surface area contributed by atoms with E-state index >= 15 is 0 Å². The van der Waals surface area contributed by atoms with Gasteiger partial charge in [-0.05, 0) is 38.0 Å². The summed E-state index contributed by atoms with van der Waals surface area (Å²) in [4.78, 5) is 6.71. The van der Waals surface area contributed by atoms with Crippen LogP contribution in [0.3, 0.4) is 0 Å². The zero-order valence-corrected chi connectivity index (χ0v) is 10.2. The van der Waals surface area contributed by atoms with Crippen molar-refractivity contribution >= 4 is 5.57 Å². The number of aromatic nitrogens is 1. The first-order chi connectivity index (χ1) is 8.15. The van der Waals surface area contributed by atoms with Gasteiger partial charge in [0.25, 0.3) is 0 Å². The van der Waals surface area contributed by atoms with Crippen LogP contribution < -0.4 is 0 Å². The third-order valence-electron chi connectivity index (χ3n) is 3.88. The molecule has 0 saturated carbocycles. The molecule has 2 heterocycles. The molecule has 0 aromatic carbocycles. The first kappa shape index (κ1) is 10.9. The SMILES string of the molecule is CC(C)N1CC2CC1C=C2c1ccc(F)cn1. The Morgan fingerprint density at radius 3 is 2.76 bits per heavy atom. The van der Waals surface area contributed by atoms with Gasteiger partial charge in [-0.15, -0.1) is 0 Å². The molecule has 3 heteroatoms. The Hall–Kier alpha value is -1.22. The number of fused-ring (bicyclic) bond motifs is 2. The van der Waals surface area contributed by atoms with Crippen molar-refractivity contribution in [2.45, 2.75) is 32.4 Å². The number of hydrogen-bond acceptors (Lipinski definition) is 2. The van der Waals surface area contributed by atoms with Crippen molar-refractivity contribution in [3.8, 4) is 0 Å². The van der Waals surface area contributed by atoms with Crippen LogP contribution in [0, 0.1) is 11.7 Å². The summed E-state index contributed by atoms with van der Waals surface area (Å²) >= 11 is 0. The van der Waals surface area contributed by atoms with E-state index in [1.54, 1.807) is 6.07 Å². The van der Waals surface area contributed by atoms with Crippen LogP contribution in [0.4, 0.5) is 4.39 Å². The van der Waals surface area contributed by atoms with Gasteiger partial charge in [-0.1, -0.05) is 6.08 Å². The maximum absolute atomic E-state index is 12.8. The van der Waals surface area contributed by atoms with E-state index in [1.807, 2.05) is 0 Å². The fourth-order valence-electron chi connectivity index (χ4n) is 3.06. The monoisotopic (exact) mass is 232 g/mol. The average molecular weight is 232 g/mol. The Bertz CT molecular complexity index is 450. The molecule has 1 fully saturated rings. The molecule has 0 spiro atoms. The zero-order valence-electron chi connectivity index (χ0n) is 10.2. The van der Waals surface area contributed by atoms with Crippen LogP contribution in [-0.2, 0) is 0 Å². The third-order valence-corrected chi connectivity index (χ3v) is 3.88. The third kappa shape index (κ3) is 1.78. The highest BCUT2D eigenvalue weighted by Crippen LogP contribution is 2.42. The van der Waals surface area contributed by atoms with Crippen LogP contribution >= 0.6 is 0 Å². The summed E-state index contributed by atoms with van der Waals surface area (Å²) in [5, 5.41) is 0. The van der Waals surface area contributed by atoms with Crippen LogP contribution in [-0.4, -0.2) is 28.5 Å². The van der Waals surface area contributed by atoms with Crippen LogP contribution in [0.2, 0.25) is 0 Å². The molecule has 90 valence electrons. The maximum atomic E-state index is 12.8. The average Bonchev–Trinajstić information content (AvgIpc) is 2.89. The van der Waals surface area contributed by atoms with Crippen molar-refractivity contribution < 1.29 is 4.39 Å². The first-order valence-corrected chi connectivity index (χ1v) is 6.24. The predicted molar refractivity (Wildman–Crippen MR) is 65.9 cm³/mol. The van der Waals surface area contributed by atoms with Crippen molar-refractivity contribution in [2.75, 3.05) is 6.54 Å². The molecule has 17 heavy (non-hydrogen) atoms. The van der Waals surface area contributed by atoms with E-state index in [4.69, 9.17) is 0 Å². The summed E-state index contributed by atoms with van der Waals surface area (Å²) in [7, 11) is 0. The molecule has 3 rings (SSSR count). The lowest BCUT2D eigenvalue weighted by atomic mass is 9.99. The van der Waals surface area contributed by atoms with Gasteiger partial charge in [-0.25, -0.2) is 4.39 Å². The van der Waals surface area contributed by atoms with E-state index in [-0.39, 0.29) is 5.82 Å². The Balaban J connectivity index is 1.86. The van der Waals surface area contributed by atoms with Crippen LogP contribution in [0.1, 0.15) is 26.0 Å². The lowest BCUT2D eigenvalue weighted by molar-refractivity contribution is 0.227. The fraction of sp³-hybridized carbons (Fsp3) is 0.500. The van der Waals surface area contributed by atoms with E-state index < -0.39 is 0 Å². The normalized spacial score (nSPS) is 27.9. The predicted octanol–water partition coefficient (Wildman–Crippen LogP) is 2.72. The van der Waals surface area contributed by atoms with Gasteiger partial charge in [0.05, 0.1) is 11.9 Å². The minimum atomic E-state index is -0.263. The van der Waals surface area contributed by atoms with Gasteiger partial charge in [0.1, 0.15) is 5.82 Å². The molecular weight excluding hydrogens is 215 g/mol. The number of hydrogen-bond donors (Lipinski definition) is 0. The Morgan fingerprint density at radius 1 is 1.41 bits per heavy atom. The van der Waals surface area contributed by atoms with Gasteiger partial charge in [0.2, 0.25) is 0 Å². The van der Waals surface area contributed by atoms with Gasteiger partial charge in [-0.3, -0.25) is 9.88 Å². The lowest BCUT2D eigenvalue weighted by Gasteiger charge is -2.29. The first-order valence-electron chi connectivity index (χ1n) is 6.24. The number of nitrogens with zero attached hydrogens (tertiary/aromatic N) is 2. The zero-order chi connectivity index (χ0) is 12.0. The fourth-order valence-corrected chi connectivity index (χ4v) is 3.06. The standard InChI is InChI=1S/C14H17FN2/c1-9(2)17-8-10-5-12(17)6-13(10)14-4-3-11(15)7-16-14/h3-4,6-7,9-10,12H,5,8H2,1-2H3. The minimum Gasteiger partial charge on any atom is -0.294 e. The molecule has 0 N–H and O–H groups in total. The van der Waals surface area contributed by atoms with E-state index in [2.05, 4.69) is 29.8 Å². The van der Waals surface area contributed by atoms with Crippen LogP contribution in [0.5, 0.6) is 0 Å². The summed E-state index contributed by atoms with van der Waals surface area (Å²) in [5.74, 6) is 0.321. The Morgan fingerprint density at radius 2 is 2.24 bits per heavy atom. The van der Waals surface area contributed by atoms with Gasteiger partial charge in [-0.2, -0.15) is 0 Å². The Labute approximate surface area is 101 Å². The minimum absolute atomic E-state index is 0.263. The molecule has 2 unspecified atom stereocenters. The van der Waals surface area contributed by atoms with E-state index in [1.165, 1.54) is 24.3 Å². The molecule has 2 nitrogen and oxygen atoms in total. The van der Waals surface area contributed by atoms with Crippen LogP contribution in [0.15, 0.2) is 24.4 Å². The topological polar surface area (TPSA) is 16.1 Å². The molecule has 0 amide bonds. The molecule has 1 aliphatic heterocycles. The van der Waals surface area contributed by atoms with E-state index in [0.717, 1.165) is 12.2 Å². The maximum Gasteiger partial charge on any atom is 0.141 e. The van der Waals surface area contributed by atoms with Gasteiger partial charge >= 0.3 is 0 Å². The molecule has 2 atom stereocenters. The van der Waals surface area contributed by atoms with Crippen molar-refractivity contribution in [2.24, 2.45) is 5.92 Å². The van der Waals surface area contributed by atoms with Crippen molar-refractivity contribution in [3.63, 3.8) is 0 Å². The molecular formula is C14H17FN2. The summed E-state index contributed by atoms with van der Waals surface area (Å²) in [6.45, 7) is 5.60. The number of rotatable bonds is 2. The quantitative estimate of drug-likeness (QED) is 0.779. The summed E-state index contributed by atoms with van der Waals surface area (Å²) in [5.41, 5.74) is 2.26. The van der Waals surface area contributed by atoms with Crippen molar-refractivity contribution in [1.82, 2.24) is 9.88 Å². The van der Waals surface area contributed by atoms with Gasteiger partial charge in [0, 0.05) is 24.5 Å². The highest BCUT2D eigenvalue weighted by molar-refractivity contribution is 5.69. The highest BCUT2D eigenvalue weighted by atomic mass is 19.1. The van der Waals surface area contributed by atoms with E-state index in [0.29, 0.717) is 18.0 Å². The molecule has 1 saturated heterocycles. The highest BCUT2D eigenvalue weighted by Gasteiger charge is 2.40. The lowest BCUT2D eigenvalue weighted by Crippen LogP contribution is -2.36. The molecule has 1 aromatic rings. The smallest absolute Gasteiger partial charge is 0.141 e. The largest absolute Gasteiger partial charge is 0.294 e. The molecule has 1 aromatic heterocycles. The summed E-state index contributed by atoms with van der Waals surface area (Å²) in [6, 6.07) is 4.45. The molecule has 2 aliphatic rings. The van der Waals surface area contributed by atoms with Gasteiger partial charge < -0.3 is 0 Å². The second-order valence-electron chi connectivity index (χ2n) is 5.27. The van der Waals surface area contributed by atoms with Crippen molar-refractivity contribution in [1.29, 1.82) is 0 Å². The molecule has 2 bridgehead atoms. The van der Waals surface area contributed by atoms with Crippen LogP contribution in [0.25, 0.3) is 5.57 Å². The molecule has 1 aliphatic carbocycles. The van der Waals surface area contributed by atoms with E-state index in [9.17, 15) is 4.39 Å². The van der Waals surface area contributed by atoms with Crippen molar-refractivity contribution in [3.05, 3.63) is 35.9 Å². The Kier molecular flexibility index (Phi) is 2.51. The number of halogens is 1.